The molecule has 0 bridgehead atoms. The van der Waals surface area contributed by atoms with Crippen LogP contribution in [0.4, 0.5) is 9.18 Å². The van der Waals surface area contributed by atoms with Gasteiger partial charge in [0.05, 0.1) is 17.5 Å². The van der Waals surface area contributed by atoms with Crippen LogP contribution in [0.25, 0.3) is 0 Å². The van der Waals surface area contributed by atoms with E-state index in [-0.39, 0.29) is 29.4 Å². The molecule has 0 spiro atoms. The molecule has 2 aliphatic heterocycles. The molecule has 0 radical (unpaired) electrons. The lowest BCUT2D eigenvalue weighted by molar-refractivity contribution is -0.146. The Kier molecular flexibility index (Phi) is 6.99. The number of halogens is 2. The zero-order valence-corrected chi connectivity index (χ0v) is 20.5. The van der Waals surface area contributed by atoms with Crippen molar-refractivity contribution in [2.24, 2.45) is 5.92 Å². The van der Waals surface area contributed by atoms with Crippen LogP contribution in [-0.4, -0.2) is 47.9 Å². The molecule has 2 aliphatic rings. The van der Waals surface area contributed by atoms with Gasteiger partial charge in [-0.2, -0.15) is 0 Å². The van der Waals surface area contributed by atoms with Gasteiger partial charge in [-0.05, 0) is 71.9 Å². The van der Waals surface area contributed by atoms with E-state index in [0.717, 1.165) is 0 Å². The predicted molar refractivity (Wildman–Crippen MR) is 120 cm³/mol. The van der Waals surface area contributed by atoms with E-state index >= 15 is 4.39 Å². The van der Waals surface area contributed by atoms with E-state index in [1.165, 1.54) is 0 Å². The van der Waals surface area contributed by atoms with E-state index in [1.807, 2.05) is 34.6 Å². The molecule has 0 unspecified atom stereocenters. The van der Waals surface area contributed by atoms with Gasteiger partial charge in [0.15, 0.2) is 11.6 Å². The maximum absolute atomic E-state index is 15.1. The molecular formula is C24H33ClFNO5. The summed E-state index contributed by atoms with van der Waals surface area (Å²) in [4.78, 5) is 27.1. The van der Waals surface area contributed by atoms with Crippen molar-refractivity contribution in [1.82, 2.24) is 4.90 Å². The molecule has 2 heterocycles. The highest BCUT2D eigenvalue weighted by atomic mass is 35.5. The zero-order valence-electron chi connectivity index (χ0n) is 19.7. The number of carbonyl (C=O) groups is 2. The lowest BCUT2D eigenvalue weighted by Gasteiger charge is -2.36. The second-order valence-electron chi connectivity index (χ2n) is 10.2. The third kappa shape index (κ3) is 5.30. The first kappa shape index (κ1) is 24.6. The highest BCUT2D eigenvalue weighted by molar-refractivity contribution is 6.32. The molecule has 1 saturated heterocycles. The van der Waals surface area contributed by atoms with Gasteiger partial charge in [-0.3, -0.25) is 4.79 Å². The predicted octanol–water partition coefficient (Wildman–Crippen LogP) is 5.49. The van der Waals surface area contributed by atoms with Gasteiger partial charge in [0.2, 0.25) is 0 Å². The lowest BCUT2D eigenvalue weighted by Crippen LogP contribution is -2.43. The van der Waals surface area contributed by atoms with E-state index in [4.69, 9.17) is 25.8 Å². The maximum atomic E-state index is 15.1. The summed E-state index contributed by atoms with van der Waals surface area (Å²) < 4.78 is 31.7. The highest BCUT2D eigenvalue weighted by Gasteiger charge is 2.40. The van der Waals surface area contributed by atoms with Gasteiger partial charge in [-0.15, -0.1) is 0 Å². The van der Waals surface area contributed by atoms with E-state index in [0.29, 0.717) is 43.5 Å². The molecule has 0 aromatic heterocycles. The largest absolute Gasteiger partial charge is 0.484 e. The van der Waals surface area contributed by atoms with Gasteiger partial charge in [0.25, 0.3) is 0 Å². The number of amides is 1. The van der Waals surface area contributed by atoms with Crippen LogP contribution in [0, 0.1) is 11.7 Å². The van der Waals surface area contributed by atoms with Crippen LogP contribution < -0.4 is 4.74 Å². The van der Waals surface area contributed by atoms with Gasteiger partial charge < -0.3 is 19.1 Å². The molecule has 0 saturated carbocycles. The normalized spacial score (nSPS) is 19.2. The quantitative estimate of drug-likeness (QED) is 0.546. The average Bonchev–Trinajstić information content (AvgIpc) is 3.00. The molecule has 178 valence electrons. The number of piperidine rings is 1. The molecule has 0 N–H and O–H groups in total. The Hall–Kier alpha value is -2.02. The Labute approximate surface area is 194 Å². The van der Waals surface area contributed by atoms with Crippen LogP contribution in [0.2, 0.25) is 5.02 Å². The van der Waals surface area contributed by atoms with Gasteiger partial charge in [0, 0.05) is 25.1 Å². The SMILES string of the molecule is CCOC(=O)[C@H](c1cc2c(c(F)c1Cl)OC(C)(C)C2)C1CCN(C(=O)OC(C)(C)C)CC1. The monoisotopic (exact) mass is 469 g/mol. The second-order valence-corrected chi connectivity index (χ2v) is 10.5. The molecule has 0 aliphatic carbocycles. The van der Waals surface area contributed by atoms with E-state index in [1.54, 1.807) is 17.9 Å². The maximum Gasteiger partial charge on any atom is 0.410 e. The number of hydrogen-bond acceptors (Lipinski definition) is 5. The summed E-state index contributed by atoms with van der Waals surface area (Å²) in [5.74, 6) is -1.76. The summed E-state index contributed by atoms with van der Waals surface area (Å²) >= 11 is 6.43. The zero-order chi connectivity index (χ0) is 23.8. The summed E-state index contributed by atoms with van der Waals surface area (Å²) in [5, 5.41) is -0.103. The third-order valence-electron chi connectivity index (χ3n) is 5.80. The number of carbonyl (C=O) groups excluding carboxylic acids is 2. The van der Waals surface area contributed by atoms with Crippen molar-refractivity contribution in [3.8, 4) is 5.75 Å². The van der Waals surface area contributed by atoms with Gasteiger partial charge in [0.1, 0.15) is 11.2 Å². The Balaban J connectivity index is 1.86. The summed E-state index contributed by atoms with van der Waals surface area (Å²) in [6.45, 7) is 12.1. The molecule has 6 nitrogen and oxygen atoms in total. The molecule has 8 heteroatoms. The molecule has 1 fully saturated rings. The summed E-state index contributed by atoms with van der Waals surface area (Å²) in [5.41, 5.74) is 0.0153. The number of esters is 1. The summed E-state index contributed by atoms with van der Waals surface area (Å²) in [6.07, 6.45) is 1.26. The summed E-state index contributed by atoms with van der Waals surface area (Å²) in [6, 6.07) is 1.79. The first-order valence-corrected chi connectivity index (χ1v) is 11.5. The highest BCUT2D eigenvalue weighted by Crippen LogP contribution is 2.45. The molecule has 1 aromatic rings. The first-order chi connectivity index (χ1) is 14.8. The van der Waals surface area contributed by atoms with Gasteiger partial charge in [-0.25, -0.2) is 9.18 Å². The van der Waals surface area contributed by atoms with Crippen LogP contribution in [0.15, 0.2) is 6.07 Å². The first-order valence-electron chi connectivity index (χ1n) is 11.2. The Bertz CT molecular complexity index is 887. The van der Waals surface area contributed by atoms with E-state index < -0.39 is 28.9 Å². The smallest absolute Gasteiger partial charge is 0.410 e. The molecule has 32 heavy (non-hydrogen) atoms. The number of rotatable bonds is 4. The second kappa shape index (κ2) is 9.08. The van der Waals surface area contributed by atoms with Gasteiger partial charge in [-0.1, -0.05) is 11.6 Å². The van der Waals surface area contributed by atoms with Crippen LogP contribution in [0.1, 0.15) is 71.4 Å². The van der Waals surface area contributed by atoms with E-state index in [9.17, 15) is 9.59 Å². The van der Waals surface area contributed by atoms with Crippen LogP contribution in [0.5, 0.6) is 5.75 Å². The molecule has 1 amide bonds. The van der Waals surface area contributed by atoms with Crippen LogP contribution in [0.3, 0.4) is 0 Å². The minimum absolute atomic E-state index is 0.103. The van der Waals surface area contributed by atoms with E-state index in [2.05, 4.69) is 0 Å². The fraction of sp³-hybridized carbons (Fsp3) is 0.667. The molecule has 1 aromatic carbocycles. The number of fused-ring (bicyclic) bond motifs is 1. The third-order valence-corrected chi connectivity index (χ3v) is 6.18. The van der Waals surface area contributed by atoms with Gasteiger partial charge >= 0.3 is 12.1 Å². The fourth-order valence-electron chi connectivity index (χ4n) is 4.47. The van der Waals surface area contributed by atoms with Crippen molar-refractivity contribution in [1.29, 1.82) is 0 Å². The number of benzene rings is 1. The minimum atomic E-state index is -0.716. The molecular weight excluding hydrogens is 437 g/mol. The van der Waals surface area contributed by atoms with Crippen LogP contribution in [-0.2, 0) is 20.7 Å². The lowest BCUT2D eigenvalue weighted by atomic mass is 9.79. The van der Waals surface area contributed by atoms with Crippen molar-refractivity contribution in [2.45, 2.75) is 77.9 Å². The van der Waals surface area contributed by atoms with Crippen molar-refractivity contribution in [2.75, 3.05) is 19.7 Å². The molecule has 1 atom stereocenters. The minimum Gasteiger partial charge on any atom is -0.484 e. The molecule has 3 rings (SSSR count). The number of likely N-dealkylation sites (tertiary alicyclic amines) is 1. The number of ether oxygens (including phenoxy) is 3. The van der Waals surface area contributed by atoms with Crippen LogP contribution >= 0.6 is 11.6 Å². The Morgan fingerprint density at radius 3 is 2.50 bits per heavy atom. The van der Waals surface area contributed by atoms with Crippen molar-refractivity contribution in [3.05, 3.63) is 28.0 Å². The number of hydrogen-bond donors (Lipinski definition) is 0. The standard InChI is InChI=1S/C24H33ClFNO5/c1-7-30-21(28)17(14-8-10-27(11-9-14)22(29)32-23(2,3)4)16-12-15-13-24(5,6)31-20(15)19(26)18(16)25/h12,14,17H,7-11,13H2,1-6H3/t17-/m0/s1. The summed E-state index contributed by atoms with van der Waals surface area (Å²) in [7, 11) is 0. The fourth-order valence-corrected chi connectivity index (χ4v) is 4.73. The van der Waals surface area contributed by atoms with Crippen molar-refractivity contribution in [3.63, 3.8) is 0 Å². The average molecular weight is 470 g/mol. The topological polar surface area (TPSA) is 65.1 Å². The number of nitrogens with zero attached hydrogens (tertiary/aromatic N) is 1. The Morgan fingerprint density at radius 1 is 1.31 bits per heavy atom. The van der Waals surface area contributed by atoms with Crippen molar-refractivity contribution >= 4 is 23.7 Å². The Morgan fingerprint density at radius 2 is 1.94 bits per heavy atom. The van der Waals surface area contributed by atoms with Crippen molar-refractivity contribution < 1.29 is 28.2 Å².